The number of benzene rings is 1. The zero-order chi connectivity index (χ0) is 16.8. The zero-order valence-electron chi connectivity index (χ0n) is 12.4. The largest absolute Gasteiger partial charge is 0.506 e. The van der Waals surface area contributed by atoms with Crippen molar-refractivity contribution in [2.45, 2.75) is 13.0 Å². The van der Waals surface area contributed by atoms with Crippen molar-refractivity contribution >= 4 is 29.3 Å². The van der Waals surface area contributed by atoms with Gasteiger partial charge in [0.15, 0.2) is 0 Å². The molecule has 2 aromatic rings. The molecule has 0 aliphatic heterocycles. The highest BCUT2D eigenvalue weighted by atomic mass is 16.3. The van der Waals surface area contributed by atoms with Gasteiger partial charge in [-0.3, -0.25) is 9.59 Å². The monoisotopic (exact) mass is 315 g/mol. The van der Waals surface area contributed by atoms with Crippen LogP contribution in [0.1, 0.15) is 12.7 Å². The average Bonchev–Trinajstić information content (AvgIpc) is 3.02. The van der Waals surface area contributed by atoms with Gasteiger partial charge in [0.25, 0.3) is 0 Å². The molecule has 0 bridgehead atoms. The highest BCUT2D eigenvalue weighted by molar-refractivity contribution is 6.02. The van der Waals surface area contributed by atoms with Gasteiger partial charge in [0, 0.05) is 11.8 Å². The molecule has 120 valence electrons. The lowest BCUT2D eigenvalue weighted by molar-refractivity contribution is -0.117. The molecule has 23 heavy (non-hydrogen) atoms. The second-order valence-electron chi connectivity index (χ2n) is 4.85. The predicted molar refractivity (Wildman–Crippen MR) is 86.8 cm³/mol. The minimum absolute atomic E-state index is 0.122. The van der Waals surface area contributed by atoms with Crippen molar-refractivity contribution in [2.75, 3.05) is 10.6 Å². The topological polar surface area (TPSA) is 118 Å². The third-order valence-electron chi connectivity index (χ3n) is 2.88. The van der Waals surface area contributed by atoms with Gasteiger partial charge in [-0.15, -0.1) is 0 Å². The Morgan fingerprint density at radius 2 is 2.09 bits per heavy atom. The molecule has 1 heterocycles. The summed E-state index contributed by atoms with van der Waals surface area (Å²) in [5, 5.41) is 14.8. The summed E-state index contributed by atoms with van der Waals surface area (Å²) in [6, 6.07) is 7.02. The van der Waals surface area contributed by atoms with Crippen molar-refractivity contribution in [1.82, 2.24) is 0 Å². The van der Waals surface area contributed by atoms with Gasteiger partial charge in [0.2, 0.25) is 11.8 Å². The van der Waals surface area contributed by atoms with Crippen LogP contribution in [-0.4, -0.2) is 23.0 Å². The minimum atomic E-state index is -0.719. The van der Waals surface area contributed by atoms with Crippen molar-refractivity contribution < 1.29 is 19.1 Å². The molecule has 7 heteroatoms. The van der Waals surface area contributed by atoms with Gasteiger partial charge in [0.05, 0.1) is 18.0 Å². The first kappa shape index (κ1) is 16.3. The van der Waals surface area contributed by atoms with E-state index in [1.54, 1.807) is 12.1 Å². The number of anilines is 2. The highest BCUT2D eigenvalue weighted by Gasteiger charge is 2.11. The molecule has 0 saturated carbocycles. The average molecular weight is 315 g/mol. The third-order valence-corrected chi connectivity index (χ3v) is 2.88. The van der Waals surface area contributed by atoms with Gasteiger partial charge in [-0.25, -0.2) is 0 Å². The molecule has 0 spiro atoms. The fourth-order valence-electron chi connectivity index (χ4n) is 1.69. The Hall–Kier alpha value is -3.06. The summed E-state index contributed by atoms with van der Waals surface area (Å²) in [6.45, 7) is 1.53. The summed E-state index contributed by atoms with van der Waals surface area (Å²) in [4.78, 5) is 23.4. The minimum Gasteiger partial charge on any atom is -0.506 e. The number of phenols is 1. The second-order valence-corrected chi connectivity index (χ2v) is 4.85. The van der Waals surface area contributed by atoms with E-state index < -0.39 is 11.9 Å². The van der Waals surface area contributed by atoms with E-state index in [-0.39, 0.29) is 17.3 Å². The number of amides is 2. The molecule has 5 N–H and O–H groups in total. The normalized spacial score (nSPS) is 12.1. The molecular formula is C16H17N3O4. The molecule has 7 nitrogen and oxygen atoms in total. The SMILES string of the molecule is C[C@H](N)C(=O)Nc1cc(NC(=O)C=Cc2ccco2)ccc1O. The lowest BCUT2D eigenvalue weighted by Crippen LogP contribution is -2.32. The Morgan fingerprint density at radius 1 is 1.30 bits per heavy atom. The first-order valence-electron chi connectivity index (χ1n) is 6.88. The number of nitrogens with one attached hydrogen (secondary N) is 2. The molecule has 2 amide bonds. The van der Waals surface area contributed by atoms with Crippen LogP contribution in [0.3, 0.4) is 0 Å². The number of nitrogens with two attached hydrogens (primary N) is 1. The van der Waals surface area contributed by atoms with E-state index in [1.807, 2.05) is 0 Å². The van der Waals surface area contributed by atoms with E-state index in [4.69, 9.17) is 10.2 Å². The smallest absolute Gasteiger partial charge is 0.248 e. The molecule has 0 radical (unpaired) electrons. The van der Waals surface area contributed by atoms with E-state index in [1.165, 1.54) is 43.5 Å². The number of aromatic hydroxyl groups is 1. The lowest BCUT2D eigenvalue weighted by Gasteiger charge is -2.11. The fourth-order valence-corrected chi connectivity index (χ4v) is 1.69. The summed E-state index contributed by atoms with van der Waals surface area (Å²) in [7, 11) is 0. The lowest BCUT2D eigenvalue weighted by atomic mass is 10.2. The molecule has 0 aliphatic rings. The quantitative estimate of drug-likeness (QED) is 0.382. The molecule has 0 fully saturated rings. The van der Waals surface area contributed by atoms with Crippen LogP contribution >= 0.6 is 0 Å². The Morgan fingerprint density at radius 3 is 2.74 bits per heavy atom. The van der Waals surface area contributed by atoms with Crippen LogP contribution in [0.5, 0.6) is 5.75 Å². The summed E-state index contributed by atoms with van der Waals surface area (Å²) in [6.07, 6.45) is 4.34. The summed E-state index contributed by atoms with van der Waals surface area (Å²) < 4.78 is 5.08. The second kappa shape index (κ2) is 7.28. The number of hydrogen-bond donors (Lipinski definition) is 4. The summed E-state index contributed by atoms with van der Waals surface area (Å²) in [5.41, 5.74) is 6.04. The van der Waals surface area contributed by atoms with Crippen LogP contribution in [-0.2, 0) is 9.59 Å². The van der Waals surface area contributed by atoms with Crippen molar-refractivity contribution in [3.63, 3.8) is 0 Å². The third kappa shape index (κ3) is 4.72. The fraction of sp³-hybridized carbons (Fsp3) is 0.125. The zero-order valence-corrected chi connectivity index (χ0v) is 12.4. The first-order valence-corrected chi connectivity index (χ1v) is 6.88. The molecule has 0 saturated heterocycles. The summed E-state index contributed by atoms with van der Waals surface area (Å²) >= 11 is 0. The van der Waals surface area contributed by atoms with Crippen LogP contribution in [0, 0.1) is 0 Å². The Balaban J connectivity index is 2.05. The molecule has 1 aromatic heterocycles. The number of carbonyl (C=O) groups excluding carboxylic acids is 2. The van der Waals surface area contributed by atoms with Crippen molar-refractivity contribution in [2.24, 2.45) is 5.73 Å². The predicted octanol–water partition coefficient (Wildman–Crippen LogP) is 1.92. The van der Waals surface area contributed by atoms with Crippen LogP contribution in [0.25, 0.3) is 6.08 Å². The maximum atomic E-state index is 11.8. The van der Waals surface area contributed by atoms with Gasteiger partial charge in [-0.2, -0.15) is 0 Å². The van der Waals surface area contributed by atoms with Crippen molar-refractivity contribution in [3.05, 3.63) is 48.4 Å². The molecular weight excluding hydrogens is 298 g/mol. The highest BCUT2D eigenvalue weighted by Crippen LogP contribution is 2.26. The molecule has 1 aromatic carbocycles. The number of phenolic OH excluding ortho intramolecular Hbond substituents is 1. The molecule has 1 atom stereocenters. The molecule has 2 rings (SSSR count). The van der Waals surface area contributed by atoms with E-state index in [0.717, 1.165) is 0 Å². The van der Waals surface area contributed by atoms with E-state index in [2.05, 4.69) is 10.6 Å². The van der Waals surface area contributed by atoms with Gasteiger partial charge < -0.3 is 25.9 Å². The van der Waals surface area contributed by atoms with Crippen molar-refractivity contribution in [1.29, 1.82) is 0 Å². The van der Waals surface area contributed by atoms with Crippen molar-refractivity contribution in [3.8, 4) is 5.75 Å². The van der Waals surface area contributed by atoms with Gasteiger partial charge in [-0.1, -0.05) is 0 Å². The van der Waals surface area contributed by atoms with Gasteiger partial charge in [-0.05, 0) is 43.3 Å². The van der Waals surface area contributed by atoms with E-state index in [9.17, 15) is 14.7 Å². The number of rotatable bonds is 5. The number of hydrogen-bond acceptors (Lipinski definition) is 5. The standard InChI is InChI=1S/C16H17N3O4/c1-10(17)16(22)19-13-9-11(4-6-14(13)20)18-15(21)7-5-12-3-2-8-23-12/h2-10,20H,17H2,1H3,(H,18,21)(H,19,22)/t10-/m0/s1. The molecule has 0 aliphatic carbocycles. The Bertz CT molecular complexity index is 721. The van der Waals surface area contributed by atoms with Gasteiger partial charge in [0.1, 0.15) is 11.5 Å². The maximum Gasteiger partial charge on any atom is 0.248 e. The van der Waals surface area contributed by atoms with Gasteiger partial charge >= 0.3 is 0 Å². The number of furan rings is 1. The van der Waals surface area contributed by atoms with E-state index in [0.29, 0.717) is 11.4 Å². The van der Waals surface area contributed by atoms with Crippen LogP contribution in [0.2, 0.25) is 0 Å². The van der Waals surface area contributed by atoms with E-state index >= 15 is 0 Å². The first-order chi connectivity index (χ1) is 11.0. The Kier molecular flexibility index (Phi) is 5.16. The summed E-state index contributed by atoms with van der Waals surface area (Å²) in [5.74, 6) is -0.392. The number of carbonyl (C=O) groups is 2. The van der Waals surface area contributed by atoms with Crippen LogP contribution < -0.4 is 16.4 Å². The molecule has 0 unspecified atom stereocenters. The Labute approximate surface area is 132 Å². The van der Waals surface area contributed by atoms with Crippen LogP contribution in [0.4, 0.5) is 11.4 Å². The van der Waals surface area contributed by atoms with Crippen LogP contribution in [0.15, 0.2) is 47.1 Å². The maximum absolute atomic E-state index is 11.8.